The van der Waals surface area contributed by atoms with Crippen molar-refractivity contribution in [3.05, 3.63) is 70.4 Å². The zero-order valence-electron chi connectivity index (χ0n) is 18.2. The molecule has 0 unspecified atom stereocenters. The Morgan fingerprint density at radius 1 is 1.13 bits per heavy atom. The monoisotopic (exact) mass is 421 g/mol. The number of nitrogens with zero attached hydrogens (tertiary/aromatic N) is 4. The van der Waals surface area contributed by atoms with Gasteiger partial charge in [-0.2, -0.15) is 5.10 Å². The average Bonchev–Trinajstić information content (AvgIpc) is 3.28. The van der Waals surface area contributed by atoms with Gasteiger partial charge in [-0.1, -0.05) is 30.3 Å². The zero-order chi connectivity index (χ0) is 21.6. The molecule has 0 atom stereocenters. The van der Waals surface area contributed by atoms with E-state index in [2.05, 4.69) is 45.6 Å². The molecule has 1 fully saturated rings. The van der Waals surface area contributed by atoms with Crippen molar-refractivity contribution >= 4 is 11.4 Å². The zero-order valence-corrected chi connectivity index (χ0v) is 18.2. The number of nitrogens with one attached hydrogen (secondary N) is 1. The van der Waals surface area contributed by atoms with Crippen molar-refractivity contribution in [2.24, 2.45) is 5.92 Å². The molecule has 0 bridgehead atoms. The molecule has 1 aromatic carbocycles. The minimum atomic E-state index is -0.246. The molecule has 1 N–H and O–H groups in total. The summed E-state index contributed by atoms with van der Waals surface area (Å²) in [5.74, 6) is 1.28. The number of rotatable bonds is 8. The molecule has 1 aliphatic heterocycles. The molecule has 4 rings (SSSR count). The number of fused-ring (bicyclic) bond motifs is 1. The van der Waals surface area contributed by atoms with Crippen LogP contribution >= 0.6 is 0 Å². The lowest BCUT2D eigenvalue weighted by molar-refractivity contribution is -0.121. The van der Waals surface area contributed by atoms with E-state index in [0.717, 1.165) is 32.0 Å². The standard InChI is InChI=1S/C24H31N5O2/c1-19-26-29(24(31)22-9-5-14-28(19)22)18-23(30)25-12-6-13-27-15-10-21(11-16-27)17-20-7-3-2-4-8-20/h2-5,7-9,14,21H,6,10-13,15-18H2,1H3,(H,25,30). The molecular formula is C24H31N5O2. The van der Waals surface area contributed by atoms with Crippen molar-refractivity contribution in [3.63, 3.8) is 0 Å². The van der Waals surface area contributed by atoms with Crippen molar-refractivity contribution in [1.82, 2.24) is 24.4 Å². The summed E-state index contributed by atoms with van der Waals surface area (Å²) in [6, 6.07) is 14.3. The predicted octanol–water partition coefficient (Wildman–Crippen LogP) is 2.27. The van der Waals surface area contributed by atoms with Crippen LogP contribution in [0.25, 0.3) is 5.52 Å². The first-order valence-electron chi connectivity index (χ1n) is 11.2. The molecule has 0 aliphatic carbocycles. The molecule has 0 radical (unpaired) electrons. The molecule has 7 nitrogen and oxygen atoms in total. The Balaban J connectivity index is 1.16. The van der Waals surface area contributed by atoms with E-state index in [-0.39, 0.29) is 18.0 Å². The number of likely N-dealkylation sites (tertiary alicyclic amines) is 1. The van der Waals surface area contributed by atoms with E-state index in [4.69, 9.17) is 0 Å². The third kappa shape index (κ3) is 5.41. The highest BCUT2D eigenvalue weighted by atomic mass is 16.2. The highest BCUT2D eigenvalue weighted by Gasteiger charge is 2.19. The number of piperidine rings is 1. The average molecular weight is 422 g/mol. The van der Waals surface area contributed by atoms with Gasteiger partial charge in [-0.3, -0.25) is 14.0 Å². The maximum absolute atomic E-state index is 12.4. The third-order valence-electron chi connectivity index (χ3n) is 6.16. The van der Waals surface area contributed by atoms with Gasteiger partial charge in [0, 0.05) is 12.7 Å². The molecule has 0 spiro atoms. The Morgan fingerprint density at radius 2 is 1.90 bits per heavy atom. The third-order valence-corrected chi connectivity index (χ3v) is 6.16. The molecular weight excluding hydrogens is 390 g/mol. The Labute approximate surface area is 182 Å². The van der Waals surface area contributed by atoms with Crippen LogP contribution in [0.1, 0.15) is 30.7 Å². The van der Waals surface area contributed by atoms with Gasteiger partial charge < -0.3 is 10.2 Å². The van der Waals surface area contributed by atoms with Gasteiger partial charge in [-0.05, 0) is 75.9 Å². The van der Waals surface area contributed by atoms with Crippen LogP contribution in [-0.2, 0) is 17.8 Å². The second-order valence-corrected chi connectivity index (χ2v) is 8.45. The maximum atomic E-state index is 12.4. The van der Waals surface area contributed by atoms with E-state index in [0.29, 0.717) is 17.9 Å². The summed E-state index contributed by atoms with van der Waals surface area (Å²) >= 11 is 0. The lowest BCUT2D eigenvalue weighted by atomic mass is 9.90. The summed E-state index contributed by atoms with van der Waals surface area (Å²) in [5, 5.41) is 7.18. The molecule has 31 heavy (non-hydrogen) atoms. The molecule has 3 heterocycles. The predicted molar refractivity (Wildman–Crippen MR) is 121 cm³/mol. The molecule has 164 valence electrons. The van der Waals surface area contributed by atoms with Crippen molar-refractivity contribution in [2.75, 3.05) is 26.2 Å². The van der Waals surface area contributed by atoms with Crippen LogP contribution in [0.15, 0.2) is 53.5 Å². The Hall–Kier alpha value is -2.93. The fourth-order valence-corrected chi connectivity index (χ4v) is 4.43. The topological polar surface area (TPSA) is 71.6 Å². The van der Waals surface area contributed by atoms with Crippen LogP contribution in [0, 0.1) is 12.8 Å². The first-order chi connectivity index (χ1) is 15.1. The van der Waals surface area contributed by atoms with E-state index < -0.39 is 0 Å². The highest BCUT2D eigenvalue weighted by molar-refractivity contribution is 5.75. The van der Waals surface area contributed by atoms with Crippen LogP contribution in [0.2, 0.25) is 0 Å². The minimum absolute atomic E-state index is 0.0494. The van der Waals surface area contributed by atoms with E-state index in [1.807, 2.05) is 6.92 Å². The fourth-order valence-electron chi connectivity index (χ4n) is 4.43. The minimum Gasteiger partial charge on any atom is -0.354 e. The Kier molecular flexibility index (Phi) is 6.82. The van der Waals surface area contributed by atoms with Crippen LogP contribution in [0.3, 0.4) is 0 Å². The number of carbonyl (C=O) groups is 1. The number of amides is 1. The molecule has 1 saturated heterocycles. The number of benzene rings is 1. The molecule has 7 heteroatoms. The lowest BCUT2D eigenvalue weighted by Gasteiger charge is -2.32. The summed E-state index contributed by atoms with van der Waals surface area (Å²) in [4.78, 5) is 27.2. The summed E-state index contributed by atoms with van der Waals surface area (Å²) in [5.41, 5.74) is 1.73. The van der Waals surface area contributed by atoms with Gasteiger partial charge in [-0.15, -0.1) is 0 Å². The molecule has 0 saturated carbocycles. The summed E-state index contributed by atoms with van der Waals surface area (Å²) in [6.45, 7) is 5.63. The van der Waals surface area contributed by atoms with Gasteiger partial charge in [-0.25, -0.2) is 4.68 Å². The Morgan fingerprint density at radius 3 is 2.68 bits per heavy atom. The van der Waals surface area contributed by atoms with Crippen LogP contribution in [0.4, 0.5) is 0 Å². The molecule has 1 amide bonds. The van der Waals surface area contributed by atoms with E-state index in [1.165, 1.54) is 29.5 Å². The van der Waals surface area contributed by atoms with Crippen molar-refractivity contribution in [3.8, 4) is 0 Å². The van der Waals surface area contributed by atoms with Gasteiger partial charge >= 0.3 is 0 Å². The first-order valence-corrected chi connectivity index (χ1v) is 11.2. The van der Waals surface area contributed by atoms with Gasteiger partial charge in [0.25, 0.3) is 5.56 Å². The van der Waals surface area contributed by atoms with Gasteiger partial charge in [0.15, 0.2) is 0 Å². The molecule has 3 aromatic rings. The van der Waals surface area contributed by atoms with Gasteiger partial charge in [0.05, 0.1) is 0 Å². The maximum Gasteiger partial charge on any atom is 0.291 e. The van der Waals surface area contributed by atoms with E-state index >= 15 is 0 Å². The number of hydrogen-bond donors (Lipinski definition) is 1. The normalized spacial score (nSPS) is 15.4. The van der Waals surface area contributed by atoms with Crippen molar-refractivity contribution < 1.29 is 4.79 Å². The summed E-state index contributed by atoms with van der Waals surface area (Å²) in [6.07, 6.45) is 6.35. The smallest absolute Gasteiger partial charge is 0.291 e. The number of aromatic nitrogens is 3. The van der Waals surface area contributed by atoms with E-state index in [9.17, 15) is 9.59 Å². The number of aryl methyl sites for hydroxylation is 1. The van der Waals surface area contributed by atoms with Gasteiger partial charge in [0.2, 0.25) is 5.91 Å². The van der Waals surface area contributed by atoms with Crippen LogP contribution < -0.4 is 10.9 Å². The molecule has 1 aliphatic rings. The second kappa shape index (κ2) is 9.92. The summed E-state index contributed by atoms with van der Waals surface area (Å²) < 4.78 is 2.98. The summed E-state index contributed by atoms with van der Waals surface area (Å²) in [7, 11) is 0. The fraction of sp³-hybridized carbons (Fsp3) is 0.458. The van der Waals surface area contributed by atoms with Crippen molar-refractivity contribution in [2.45, 2.75) is 39.2 Å². The number of carbonyl (C=O) groups excluding carboxylic acids is 1. The second-order valence-electron chi connectivity index (χ2n) is 8.45. The lowest BCUT2D eigenvalue weighted by Crippen LogP contribution is -2.38. The first kappa shape index (κ1) is 21.3. The van der Waals surface area contributed by atoms with Gasteiger partial charge in [0.1, 0.15) is 17.9 Å². The van der Waals surface area contributed by atoms with Crippen LogP contribution in [-0.4, -0.2) is 51.2 Å². The van der Waals surface area contributed by atoms with Crippen molar-refractivity contribution in [1.29, 1.82) is 0 Å². The number of hydrogen-bond acceptors (Lipinski definition) is 4. The SMILES string of the molecule is Cc1nn(CC(=O)NCCCN2CCC(Cc3ccccc3)CC2)c(=O)c2cccn12. The molecule has 2 aromatic heterocycles. The largest absolute Gasteiger partial charge is 0.354 e. The van der Waals surface area contributed by atoms with Crippen LogP contribution in [0.5, 0.6) is 0 Å². The Bertz CT molecular complexity index is 1060. The quantitative estimate of drug-likeness (QED) is 0.567. The van der Waals surface area contributed by atoms with E-state index in [1.54, 1.807) is 22.7 Å². The highest BCUT2D eigenvalue weighted by Crippen LogP contribution is 2.21.